The third-order valence-electron chi connectivity index (χ3n) is 1.78. The summed E-state index contributed by atoms with van der Waals surface area (Å²) in [6.07, 6.45) is 0. The summed E-state index contributed by atoms with van der Waals surface area (Å²) in [7, 11) is 0. The van der Waals surface area contributed by atoms with Gasteiger partial charge in [0.15, 0.2) is 11.6 Å². The molecule has 0 aliphatic carbocycles. The predicted octanol–water partition coefficient (Wildman–Crippen LogP) is -1.77. The van der Waals surface area contributed by atoms with Crippen LogP contribution in [-0.4, -0.2) is 47.2 Å². The van der Waals surface area contributed by atoms with Gasteiger partial charge in [0.05, 0.1) is 13.2 Å². The zero-order valence-electron chi connectivity index (χ0n) is 7.28. The highest BCUT2D eigenvalue weighted by Gasteiger charge is 2.33. The second kappa shape index (κ2) is 3.82. The second-order valence-corrected chi connectivity index (χ2v) is 2.95. The molecule has 0 amide bonds. The van der Waals surface area contributed by atoms with Crippen molar-refractivity contribution in [3.05, 3.63) is 0 Å². The van der Waals surface area contributed by atoms with Crippen molar-refractivity contribution >= 4 is 11.6 Å². The van der Waals surface area contributed by atoms with Gasteiger partial charge in [-0.3, -0.25) is 9.63 Å². The van der Waals surface area contributed by atoms with Gasteiger partial charge in [0.1, 0.15) is 12.1 Å². The molecule has 74 valence electrons. The predicted molar refractivity (Wildman–Crippen MR) is 44.1 cm³/mol. The molecule has 0 bridgehead atoms. The van der Waals surface area contributed by atoms with Gasteiger partial charge in [-0.15, -0.1) is 0 Å². The molecule has 0 radical (unpaired) electrons. The highest BCUT2D eigenvalue weighted by molar-refractivity contribution is 6.37. The Kier molecular flexibility index (Phi) is 2.97. The first-order valence-electron chi connectivity index (χ1n) is 3.84. The Balaban J connectivity index is 2.88. The average Bonchev–Trinajstić information content (AvgIpc) is 2.18. The van der Waals surface area contributed by atoms with Gasteiger partial charge in [-0.1, -0.05) is 0 Å². The van der Waals surface area contributed by atoms with E-state index in [1.54, 1.807) is 0 Å². The summed E-state index contributed by atoms with van der Waals surface area (Å²) in [5.74, 6) is -0.277. The van der Waals surface area contributed by atoms with Crippen molar-refractivity contribution in [2.45, 2.75) is 12.5 Å². The van der Waals surface area contributed by atoms with Crippen LogP contribution in [0.15, 0.2) is 4.99 Å². The van der Waals surface area contributed by atoms with Crippen molar-refractivity contribution in [3.63, 3.8) is 0 Å². The maximum Gasteiger partial charge on any atom is 0.196 e. The lowest BCUT2D eigenvalue weighted by molar-refractivity contribution is -0.112. The van der Waals surface area contributed by atoms with E-state index in [1.807, 2.05) is 0 Å². The molecule has 3 N–H and O–H groups in total. The van der Waals surface area contributed by atoms with Gasteiger partial charge in [-0.2, -0.15) is 0 Å². The lowest BCUT2D eigenvalue weighted by Crippen LogP contribution is -2.50. The fourth-order valence-electron chi connectivity index (χ4n) is 0.894. The quantitative estimate of drug-likeness (QED) is 0.487. The minimum atomic E-state index is -1.09. The average molecular weight is 188 g/mol. The Bertz CT molecular complexity index is 235. The normalized spacial score (nSPS) is 20.4. The maximum atomic E-state index is 10.9. The molecule has 6 nitrogen and oxygen atoms in total. The van der Waals surface area contributed by atoms with E-state index in [-0.39, 0.29) is 31.4 Å². The van der Waals surface area contributed by atoms with Gasteiger partial charge in [0.2, 0.25) is 0 Å². The lowest BCUT2D eigenvalue weighted by atomic mass is 10.0. The highest BCUT2D eigenvalue weighted by atomic mass is 16.6. The van der Waals surface area contributed by atoms with E-state index in [0.717, 1.165) is 0 Å². The number of aliphatic hydroxyl groups excluding tert-OH is 2. The summed E-state index contributed by atoms with van der Waals surface area (Å²) >= 11 is 0. The third kappa shape index (κ3) is 2.03. The topological polar surface area (TPSA) is 91.2 Å². The number of hydroxylamine groups is 1. The zero-order valence-corrected chi connectivity index (χ0v) is 7.28. The van der Waals surface area contributed by atoms with Crippen molar-refractivity contribution in [1.82, 2.24) is 5.48 Å². The van der Waals surface area contributed by atoms with Gasteiger partial charge in [0, 0.05) is 6.92 Å². The number of aliphatic hydroxyl groups is 2. The van der Waals surface area contributed by atoms with Crippen LogP contribution < -0.4 is 5.48 Å². The molecule has 0 fully saturated rings. The first kappa shape index (κ1) is 10.1. The summed E-state index contributed by atoms with van der Waals surface area (Å²) in [6, 6.07) is 0. The van der Waals surface area contributed by atoms with Crippen LogP contribution in [0.5, 0.6) is 0 Å². The molecule has 0 spiro atoms. The van der Waals surface area contributed by atoms with E-state index >= 15 is 0 Å². The number of carbonyl (C=O) groups excluding carboxylic acids is 1. The number of amidine groups is 1. The Morgan fingerprint density at radius 2 is 2.31 bits per heavy atom. The first-order chi connectivity index (χ1) is 6.13. The maximum absolute atomic E-state index is 10.9. The van der Waals surface area contributed by atoms with E-state index in [2.05, 4.69) is 10.5 Å². The molecular formula is C7H12N2O4. The van der Waals surface area contributed by atoms with Gasteiger partial charge in [0.25, 0.3) is 0 Å². The number of nitrogens with one attached hydrogen (secondary N) is 1. The second-order valence-electron chi connectivity index (χ2n) is 2.95. The summed E-state index contributed by atoms with van der Waals surface area (Å²) < 4.78 is 0. The van der Waals surface area contributed by atoms with E-state index in [1.165, 1.54) is 6.92 Å². The van der Waals surface area contributed by atoms with E-state index < -0.39 is 5.54 Å². The number of rotatable bonds is 3. The van der Waals surface area contributed by atoms with Crippen molar-refractivity contribution < 1.29 is 19.8 Å². The Morgan fingerprint density at radius 3 is 2.77 bits per heavy atom. The molecule has 1 aliphatic heterocycles. The molecule has 1 heterocycles. The van der Waals surface area contributed by atoms with Crippen LogP contribution in [0.2, 0.25) is 0 Å². The number of nitrogens with zero attached hydrogens (tertiary/aromatic N) is 1. The summed E-state index contributed by atoms with van der Waals surface area (Å²) in [5, 5.41) is 17.9. The minimum Gasteiger partial charge on any atom is -0.394 e. The minimum absolute atomic E-state index is 0.0225. The number of aliphatic imine (C=N–C) groups is 1. The number of carbonyl (C=O) groups is 1. The Hall–Kier alpha value is -0.980. The number of ketones is 1. The zero-order chi connectivity index (χ0) is 9.90. The van der Waals surface area contributed by atoms with E-state index in [4.69, 9.17) is 15.1 Å². The van der Waals surface area contributed by atoms with Gasteiger partial charge in [-0.05, 0) is 0 Å². The van der Waals surface area contributed by atoms with Crippen LogP contribution in [0.4, 0.5) is 0 Å². The summed E-state index contributed by atoms with van der Waals surface area (Å²) in [6.45, 7) is 0.640. The molecule has 0 saturated carbocycles. The monoisotopic (exact) mass is 188 g/mol. The fourth-order valence-corrected chi connectivity index (χ4v) is 0.894. The van der Waals surface area contributed by atoms with Crippen LogP contribution in [0.3, 0.4) is 0 Å². The largest absolute Gasteiger partial charge is 0.394 e. The Morgan fingerprint density at radius 1 is 1.69 bits per heavy atom. The van der Waals surface area contributed by atoms with Crippen LogP contribution in [0.25, 0.3) is 0 Å². The molecule has 1 aliphatic rings. The molecular weight excluding hydrogens is 176 g/mol. The van der Waals surface area contributed by atoms with Crippen molar-refractivity contribution in [1.29, 1.82) is 0 Å². The SMILES string of the molecule is CC(=O)C1=NC(CO)(CO)CON1. The summed E-state index contributed by atoms with van der Waals surface area (Å²) in [4.78, 5) is 19.6. The standard InChI is InChI=1S/C7H12N2O4/c1-5(12)6-8-7(2-10,3-11)4-13-9-6/h10-11H,2-4H2,1H3,(H,8,9). The smallest absolute Gasteiger partial charge is 0.196 e. The molecule has 0 saturated heterocycles. The van der Waals surface area contributed by atoms with E-state index in [9.17, 15) is 4.79 Å². The van der Waals surface area contributed by atoms with Crippen LogP contribution in [-0.2, 0) is 9.63 Å². The van der Waals surface area contributed by atoms with Crippen LogP contribution in [0, 0.1) is 0 Å². The molecule has 0 aromatic heterocycles. The summed E-state index contributed by atoms with van der Waals surface area (Å²) in [5.41, 5.74) is 1.23. The number of Topliss-reactive ketones (excluding diaryl/α,β-unsaturated/α-hetero) is 1. The molecule has 1 rings (SSSR count). The van der Waals surface area contributed by atoms with Crippen LogP contribution >= 0.6 is 0 Å². The lowest BCUT2D eigenvalue weighted by Gasteiger charge is -2.29. The Labute approximate surface area is 75.2 Å². The molecule has 13 heavy (non-hydrogen) atoms. The van der Waals surface area contributed by atoms with Gasteiger partial charge in [-0.25, -0.2) is 10.5 Å². The molecule has 0 aromatic carbocycles. The number of hydrogen-bond donors (Lipinski definition) is 3. The number of hydrogen-bond acceptors (Lipinski definition) is 6. The van der Waals surface area contributed by atoms with Crippen LogP contribution in [0.1, 0.15) is 6.92 Å². The third-order valence-corrected chi connectivity index (χ3v) is 1.78. The van der Waals surface area contributed by atoms with Gasteiger partial charge < -0.3 is 10.2 Å². The van der Waals surface area contributed by atoms with E-state index in [0.29, 0.717) is 0 Å². The first-order valence-corrected chi connectivity index (χ1v) is 3.84. The molecule has 0 aromatic rings. The van der Waals surface area contributed by atoms with Crippen molar-refractivity contribution in [2.24, 2.45) is 4.99 Å². The highest BCUT2D eigenvalue weighted by Crippen LogP contribution is 2.13. The van der Waals surface area contributed by atoms with Gasteiger partial charge >= 0.3 is 0 Å². The van der Waals surface area contributed by atoms with Crippen molar-refractivity contribution in [2.75, 3.05) is 19.8 Å². The molecule has 6 heteroatoms. The van der Waals surface area contributed by atoms with Crippen molar-refractivity contribution in [3.8, 4) is 0 Å². The molecule has 0 atom stereocenters. The molecule has 0 unspecified atom stereocenters. The fraction of sp³-hybridized carbons (Fsp3) is 0.714.